The van der Waals surface area contributed by atoms with E-state index in [0.29, 0.717) is 33.8 Å². The van der Waals surface area contributed by atoms with Crippen LogP contribution < -0.4 is 10.1 Å². The summed E-state index contributed by atoms with van der Waals surface area (Å²) in [5.74, 6) is 0.749. The summed E-state index contributed by atoms with van der Waals surface area (Å²) in [6.07, 6.45) is 0. The second-order valence-corrected chi connectivity index (χ2v) is 8.48. The molecule has 0 aliphatic rings. The van der Waals surface area contributed by atoms with E-state index in [0.717, 1.165) is 11.4 Å². The van der Waals surface area contributed by atoms with Crippen LogP contribution in [0.25, 0.3) is 0 Å². The number of carbonyl (C=O) groups is 1. The minimum absolute atomic E-state index is 0.111. The molecule has 2 aromatic carbocycles. The second kappa shape index (κ2) is 9.73. The van der Waals surface area contributed by atoms with Crippen molar-refractivity contribution >= 4 is 34.8 Å². The highest BCUT2D eigenvalue weighted by Crippen LogP contribution is 2.32. The first kappa shape index (κ1) is 23.0. The number of ether oxygens (including phenoxy) is 1. The Kier molecular flexibility index (Phi) is 6.77. The number of nitrogens with zero attached hydrogens (tertiary/aromatic N) is 2. The Labute approximate surface area is 202 Å². The molecule has 0 radical (unpaired) electrons. The Bertz CT molecular complexity index is 1310. The van der Waals surface area contributed by atoms with Crippen LogP contribution in [0, 0.1) is 20.8 Å². The summed E-state index contributed by atoms with van der Waals surface area (Å²) >= 11 is 12.1. The maximum Gasteiger partial charge on any atom is 0.291 e. The number of halogens is 2. The van der Waals surface area contributed by atoms with Crippen molar-refractivity contribution in [3.8, 4) is 5.75 Å². The Hall–Kier alpha value is -3.22. The highest BCUT2D eigenvalue weighted by Gasteiger charge is 2.18. The van der Waals surface area contributed by atoms with Crippen LogP contribution >= 0.6 is 23.2 Å². The fourth-order valence-corrected chi connectivity index (χ4v) is 3.82. The molecule has 0 saturated carbocycles. The first-order chi connectivity index (χ1) is 15.8. The van der Waals surface area contributed by atoms with Gasteiger partial charge in [-0.25, -0.2) is 0 Å². The quantitative estimate of drug-likeness (QED) is 0.321. The molecule has 0 aliphatic carbocycles. The number of hydrogen-bond acceptors (Lipinski definition) is 4. The van der Waals surface area contributed by atoms with Crippen molar-refractivity contribution in [2.75, 3.05) is 5.32 Å². The van der Waals surface area contributed by atoms with E-state index in [1.807, 2.05) is 30.7 Å². The van der Waals surface area contributed by atoms with E-state index < -0.39 is 0 Å². The molecular weight excluding hydrogens is 461 g/mol. The van der Waals surface area contributed by atoms with Gasteiger partial charge in [0.15, 0.2) is 5.76 Å². The van der Waals surface area contributed by atoms with Gasteiger partial charge in [-0.05, 0) is 56.2 Å². The number of carbonyl (C=O) groups excluding carboxylic acids is 1. The monoisotopic (exact) mass is 483 g/mol. The van der Waals surface area contributed by atoms with Crippen molar-refractivity contribution < 1.29 is 13.9 Å². The van der Waals surface area contributed by atoms with Crippen molar-refractivity contribution in [1.29, 1.82) is 0 Å². The van der Waals surface area contributed by atoms with Crippen molar-refractivity contribution in [2.24, 2.45) is 0 Å². The summed E-state index contributed by atoms with van der Waals surface area (Å²) in [7, 11) is 0. The maximum absolute atomic E-state index is 12.8. The highest BCUT2D eigenvalue weighted by atomic mass is 35.5. The third-order valence-corrected chi connectivity index (χ3v) is 6.17. The van der Waals surface area contributed by atoms with Gasteiger partial charge in [0.05, 0.1) is 28.6 Å². The molecule has 0 saturated heterocycles. The van der Waals surface area contributed by atoms with Crippen LogP contribution in [0.2, 0.25) is 10.0 Å². The number of aryl methyl sites for hydroxylation is 2. The lowest BCUT2D eigenvalue weighted by Crippen LogP contribution is -2.12. The molecule has 2 heterocycles. The lowest BCUT2D eigenvalue weighted by Gasteiger charge is -2.09. The van der Waals surface area contributed by atoms with Crippen LogP contribution in [0.1, 0.15) is 38.8 Å². The molecule has 0 fully saturated rings. The third-order valence-electron chi connectivity index (χ3n) is 5.37. The second-order valence-electron chi connectivity index (χ2n) is 7.69. The number of aromatic nitrogens is 2. The predicted molar refractivity (Wildman–Crippen MR) is 129 cm³/mol. The zero-order chi connectivity index (χ0) is 23.5. The molecule has 1 amide bonds. The van der Waals surface area contributed by atoms with Crippen molar-refractivity contribution in [1.82, 2.24) is 9.78 Å². The molecular formula is C25H23Cl2N3O3. The van der Waals surface area contributed by atoms with E-state index in [-0.39, 0.29) is 18.3 Å². The molecule has 170 valence electrons. The molecule has 1 N–H and O–H groups in total. The summed E-state index contributed by atoms with van der Waals surface area (Å²) in [5.41, 5.74) is 4.65. The molecule has 4 aromatic rings. The first-order valence-corrected chi connectivity index (χ1v) is 11.1. The number of furan rings is 1. The van der Waals surface area contributed by atoms with Gasteiger partial charge in [0.25, 0.3) is 5.91 Å². The zero-order valence-corrected chi connectivity index (χ0v) is 20.0. The van der Waals surface area contributed by atoms with Gasteiger partial charge in [0, 0.05) is 0 Å². The normalized spacial score (nSPS) is 10.9. The fraction of sp³-hybridized carbons (Fsp3) is 0.200. The minimum atomic E-state index is -0.358. The smallest absolute Gasteiger partial charge is 0.291 e. The third kappa shape index (κ3) is 5.07. The Balaban J connectivity index is 1.44. The van der Waals surface area contributed by atoms with Crippen LogP contribution in [0.15, 0.2) is 59.0 Å². The molecule has 0 atom stereocenters. The Morgan fingerprint density at radius 2 is 1.85 bits per heavy atom. The average molecular weight is 484 g/mol. The standard InChI is InChI=1S/C25H23Cl2N3O3/c1-15-7-4-5-8-18(15)13-30-17(3)24(16(2)29-30)28-25(31)22-12-11-19(33-22)14-32-21-10-6-9-20(26)23(21)27/h4-12H,13-14H2,1-3H3,(H,28,31). The molecule has 2 aromatic heterocycles. The van der Waals surface area contributed by atoms with Gasteiger partial charge in [-0.1, -0.05) is 53.5 Å². The topological polar surface area (TPSA) is 69.3 Å². The van der Waals surface area contributed by atoms with E-state index in [1.54, 1.807) is 30.3 Å². The highest BCUT2D eigenvalue weighted by molar-refractivity contribution is 6.42. The van der Waals surface area contributed by atoms with E-state index in [4.69, 9.17) is 32.4 Å². The average Bonchev–Trinajstić information content (AvgIpc) is 3.37. The van der Waals surface area contributed by atoms with Gasteiger partial charge in [0.1, 0.15) is 23.1 Å². The van der Waals surface area contributed by atoms with Crippen LogP contribution in [0.5, 0.6) is 5.75 Å². The predicted octanol–water partition coefficient (Wildman–Crippen LogP) is 6.59. The zero-order valence-electron chi connectivity index (χ0n) is 18.5. The number of benzene rings is 2. The van der Waals surface area contributed by atoms with E-state index in [2.05, 4.69) is 29.5 Å². The lowest BCUT2D eigenvalue weighted by atomic mass is 10.1. The molecule has 33 heavy (non-hydrogen) atoms. The van der Waals surface area contributed by atoms with Gasteiger partial charge >= 0.3 is 0 Å². The van der Waals surface area contributed by atoms with E-state index in [9.17, 15) is 4.79 Å². The van der Waals surface area contributed by atoms with E-state index in [1.165, 1.54) is 11.1 Å². The molecule has 0 unspecified atom stereocenters. The van der Waals surface area contributed by atoms with Crippen LogP contribution in [-0.2, 0) is 13.2 Å². The summed E-state index contributed by atoms with van der Waals surface area (Å²) in [5, 5.41) is 8.26. The van der Waals surface area contributed by atoms with Gasteiger partial charge in [0.2, 0.25) is 0 Å². The summed E-state index contributed by atoms with van der Waals surface area (Å²) in [4.78, 5) is 12.8. The summed E-state index contributed by atoms with van der Waals surface area (Å²) in [6, 6.07) is 16.6. The van der Waals surface area contributed by atoms with Gasteiger partial charge in [-0.3, -0.25) is 9.48 Å². The Morgan fingerprint density at radius 1 is 1.06 bits per heavy atom. The lowest BCUT2D eigenvalue weighted by molar-refractivity contribution is 0.0992. The van der Waals surface area contributed by atoms with E-state index >= 15 is 0 Å². The molecule has 6 nitrogen and oxygen atoms in total. The minimum Gasteiger partial charge on any atom is -0.484 e. The molecule has 0 bridgehead atoms. The number of nitrogens with one attached hydrogen (secondary N) is 1. The van der Waals surface area contributed by atoms with Crippen LogP contribution in [-0.4, -0.2) is 15.7 Å². The Morgan fingerprint density at radius 3 is 2.64 bits per heavy atom. The summed E-state index contributed by atoms with van der Waals surface area (Å²) in [6.45, 7) is 6.61. The number of anilines is 1. The van der Waals surface area contributed by atoms with Crippen molar-refractivity contribution in [3.05, 3.63) is 98.7 Å². The SMILES string of the molecule is Cc1ccccc1Cn1nc(C)c(NC(=O)c2ccc(COc3cccc(Cl)c3Cl)o2)c1C. The van der Waals surface area contributed by atoms with Gasteiger partial charge in [-0.2, -0.15) is 5.10 Å². The maximum atomic E-state index is 12.8. The molecule has 0 aliphatic heterocycles. The molecule has 8 heteroatoms. The van der Waals surface area contributed by atoms with Crippen LogP contribution in [0.3, 0.4) is 0 Å². The number of amides is 1. The number of hydrogen-bond donors (Lipinski definition) is 1. The molecule has 4 rings (SSSR count). The van der Waals surface area contributed by atoms with Gasteiger partial charge < -0.3 is 14.5 Å². The molecule has 0 spiro atoms. The fourth-order valence-electron chi connectivity index (χ4n) is 3.48. The van der Waals surface area contributed by atoms with Crippen LogP contribution in [0.4, 0.5) is 5.69 Å². The number of rotatable bonds is 7. The first-order valence-electron chi connectivity index (χ1n) is 10.4. The van der Waals surface area contributed by atoms with Crippen molar-refractivity contribution in [2.45, 2.75) is 33.9 Å². The largest absolute Gasteiger partial charge is 0.484 e. The summed E-state index contributed by atoms with van der Waals surface area (Å²) < 4.78 is 13.2. The van der Waals surface area contributed by atoms with Crippen molar-refractivity contribution in [3.63, 3.8) is 0 Å². The van der Waals surface area contributed by atoms with Gasteiger partial charge in [-0.15, -0.1) is 0 Å².